The van der Waals surface area contributed by atoms with Crippen molar-refractivity contribution in [2.45, 2.75) is 13.2 Å². The average Bonchev–Trinajstić information content (AvgIpc) is 3.08. The molecular formula is C19H16F2N4O2. The average molecular weight is 370 g/mol. The number of benzene rings is 1. The van der Waals surface area contributed by atoms with Crippen LogP contribution in [0.1, 0.15) is 11.1 Å². The molecule has 0 aliphatic carbocycles. The smallest absolute Gasteiger partial charge is 0.387 e. The molecule has 0 aliphatic heterocycles. The fourth-order valence-corrected chi connectivity index (χ4v) is 2.35. The number of alkyl halides is 2. The number of para-hydroxylation sites is 1. The lowest BCUT2D eigenvalue weighted by molar-refractivity contribution is -0.111. The summed E-state index contributed by atoms with van der Waals surface area (Å²) >= 11 is 0. The van der Waals surface area contributed by atoms with E-state index in [4.69, 9.17) is 0 Å². The maximum Gasteiger partial charge on any atom is 0.387 e. The van der Waals surface area contributed by atoms with E-state index in [-0.39, 0.29) is 5.75 Å². The number of ether oxygens (including phenoxy) is 1. The van der Waals surface area contributed by atoms with Crippen molar-refractivity contribution in [3.8, 4) is 5.75 Å². The number of nitrogens with one attached hydrogen (secondary N) is 1. The van der Waals surface area contributed by atoms with Gasteiger partial charge in [0.05, 0.1) is 6.54 Å². The van der Waals surface area contributed by atoms with Crippen LogP contribution < -0.4 is 10.1 Å². The number of anilines is 1. The molecule has 6 nitrogen and oxygen atoms in total. The fraction of sp³-hybridized carbons (Fsp3) is 0.105. The molecule has 0 unspecified atom stereocenters. The van der Waals surface area contributed by atoms with E-state index in [1.807, 2.05) is 12.1 Å². The summed E-state index contributed by atoms with van der Waals surface area (Å²) in [6.07, 6.45) is 7.77. The number of carbonyl (C=O) groups is 1. The van der Waals surface area contributed by atoms with Gasteiger partial charge in [-0.15, -0.1) is 0 Å². The number of halogens is 2. The molecule has 1 amide bonds. The first-order valence-electron chi connectivity index (χ1n) is 8.05. The highest BCUT2D eigenvalue weighted by atomic mass is 19.3. The summed E-state index contributed by atoms with van der Waals surface area (Å²) in [6.45, 7) is -2.38. The highest BCUT2D eigenvalue weighted by Crippen LogP contribution is 2.21. The van der Waals surface area contributed by atoms with E-state index in [2.05, 4.69) is 20.1 Å². The summed E-state index contributed by atoms with van der Waals surface area (Å²) in [6, 6.07) is 11.6. The minimum atomic E-state index is -2.93. The number of amides is 1. The molecule has 0 radical (unpaired) electrons. The molecule has 1 N–H and O–H groups in total. The highest BCUT2D eigenvalue weighted by Gasteiger charge is 2.08. The Hall–Kier alpha value is -3.55. The van der Waals surface area contributed by atoms with Crippen LogP contribution in [0.2, 0.25) is 0 Å². The zero-order valence-electron chi connectivity index (χ0n) is 14.1. The summed E-state index contributed by atoms with van der Waals surface area (Å²) in [7, 11) is 0. The molecule has 2 aromatic heterocycles. The Labute approximate surface area is 154 Å². The predicted octanol–water partition coefficient (Wildman–Crippen LogP) is 3.58. The molecule has 8 heteroatoms. The van der Waals surface area contributed by atoms with Crippen molar-refractivity contribution >= 4 is 17.8 Å². The number of nitrogens with zero attached hydrogens (tertiary/aromatic N) is 3. The summed E-state index contributed by atoms with van der Waals surface area (Å²) in [5, 5.41) is 6.88. The van der Waals surface area contributed by atoms with Crippen molar-refractivity contribution in [3.63, 3.8) is 0 Å². The standard InChI is InChI=1S/C19H16F2N4O2/c20-19(21)27-16-4-2-1-3-15(16)5-6-18(26)23-17-9-12-25(24-17)13-14-7-10-22-11-8-14/h1-12,19H,13H2,(H,23,24,26)/b6-5-. The molecule has 2 heterocycles. The Bertz CT molecular complexity index is 926. The van der Waals surface area contributed by atoms with Crippen LogP contribution in [-0.2, 0) is 11.3 Å². The molecule has 0 bridgehead atoms. The largest absolute Gasteiger partial charge is 0.434 e. The van der Waals surface area contributed by atoms with E-state index < -0.39 is 12.5 Å². The first-order chi connectivity index (χ1) is 13.1. The molecule has 3 rings (SSSR count). The van der Waals surface area contributed by atoms with Crippen LogP contribution in [0.4, 0.5) is 14.6 Å². The van der Waals surface area contributed by atoms with Gasteiger partial charge in [-0.25, -0.2) is 0 Å². The summed E-state index contributed by atoms with van der Waals surface area (Å²) in [4.78, 5) is 16.0. The molecule has 0 spiro atoms. The van der Waals surface area contributed by atoms with Crippen LogP contribution in [0.25, 0.3) is 6.08 Å². The van der Waals surface area contributed by atoms with Crippen molar-refractivity contribution < 1.29 is 18.3 Å². The number of hydrogen-bond donors (Lipinski definition) is 1. The van der Waals surface area contributed by atoms with Crippen molar-refractivity contribution in [2.24, 2.45) is 0 Å². The topological polar surface area (TPSA) is 69.0 Å². The van der Waals surface area contributed by atoms with Gasteiger partial charge >= 0.3 is 6.61 Å². The van der Waals surface area contributed by atoms with Crippen LogP contribution >= 0.6 is 0 Å². The fourth-order valence-electron chi connectivity index (χ4n) is 2.35. The van der Waals surface area contributed by atoms with Gasteiger partial charge in [-0.05, 0) is 29.8 Å². The zero-order valence-corrected chi connectivity index (χ0v) is 14.1. The SMILES string of the molecule is O=C(/C=C\c1ccccc1OC(F)F)Nc1ccn(Cc2ccncc2)n1. The predicted molar refractivity (Wildman–Crippen MR) is 96.3 cm³/mol. The van der Waals surface area contributed by atoms with E-state index >= 15 is 0 Å². The van der Waals surface area contributed by atoms with Gasteiger partial charge in [0, 0.05) is 36.3 Å². The Morgan fingerprint density at radius 3 is 2.74 bits per heavy atom. The maximum absolute atomic E-state index is 12.4. The van der Waals surface area contributed by atoms with Crippen molar-refractivity contribution in [1.29, 1.82) is 0 Å². The Morgan fingerprint density at radius 2 is 1.96 bits per heavy atom. The lowest BCUT2D eigenvalue weighted by Gasteiger charge is -2.07. The second-order valence-corrected chi connectivity index (χ2v) is 5.49. The molecule has 3 aromatic rings. The summed E-state index contributed by atoms with van der Waals surface area (Å²) < 4.78 is 30.9. The number of carbonyl (C=O) groups excluding carboxylic acids is 1. The van der Waals surface area contributed by atoms with Gasteiger partial charge in [0.1, 0.15) is 5.75 Å². The molecule has 0 fully saturated rings. The van der Waals surface area contributed by atoms with Gasteiger partial charge < -0.3 is 10.1 Å². The first kappa shape index (κ1) is 18.2. The minimum absolute atomic E-state index is 0.00169. The van der Waals surface area contributed by atoms with Crippen LogP contribution in [0, 0.1) is 0 Å². The van der Waals surface area contributed by atoms with Gasteiger partial charge in [-0.1, -0.05) is 18.2 Å². The first-order valence-corrected chi connectivity index (χ1v) is 8.05. The summed E-state index contributed by atoms with van der Waals surface area (Å²) in [5.41, 5.74) is 1.40. The van der Waals surface area contributed by atoms with E-state index in [1.54, 1.807) is 47.5 Å². The third kappa shape index (κ3) is 5.46. The molecule has 0 aliphatic rings. The lowest BCUT2D eigenvalue weighted by atomic mass is 10.2. The molecule has 0 atom stereocenters. The Balaban J connectivity index is 1.61. The molecule has 0 saturated heterocycles. The highest BCUT2D eigenvalue weighted by molar-refractivity contribution is 6.01. The van der Waals surface area contributed by atoms with E-state index in [9.17, 15) is 13.6 Å². The molecule has 1 aromatic carbocycles. The van der Waals surface area contributed by atoms with Gasteiger partial charge in [-0.3, -0.25) is 14.5 Å². The van der Waals surface area contributed by atoms with Crippen molar-refractivity contribution in [1.82, 2.24) is 14.8 Å². The van der Waals surface area contributed by atoms with Crippen LogP contribution in [0.15, 0.2) is 67.1 Å². The minimum Gasteiger partial charge on any atom is -0.434 e. The third-order valence-electron chi connectivity index (χ3n) is 3.54. The summed E-state index contributed by atoms with van der Waals surface area (Å²) in [5.74, 6) is -0.0509. The van der Waals surface area contributed by atoms with Crippen molar-refractivity contribution in [2.75, 3.05) is 5.32 Å². The molecular weight excluding hydrogens is 354 g/mol. The van der Waals surface area contributed by atoms with E-state index in [1.165, 1.54) is 18.2 Å². The quantitative estimate of drug-likeness (QED) is 0.646. The Morgan fingerprint density at radius 1 is 1.19 bits per heavy atom. The van der Waals surface area contributed by atoms with Crippen LogP contribution in [-0.4, -0.2) is 27.3 Å². The molecule has 138 valence electrons. The normalized spacial score (nSPS) is 11.1. The third-order valence-corrected chi connectivity index (χ3v) is 3.54. The molecule has 27 heavy (non-hydrogen) atoms. The maximum atomic E-state index is 12.4. The van der Waals surface area contributed by atoms with Crippen molar-refractivity contribution in [3.05, 3.63) is 78.3 Å². The number of rotatable bonds is 7. The second-order valence-electron chi connectivity index (χ2n) is 5.49. The van der Waals surface area contributed by atoms with E-state index in [0.717, 1.165) is 5.56 Å². The van der Waals surface area contributed by atoms with Gasteiger partial charge in [0.25, 0.3) is 0 Å². The van der Waals surface area contributed by atoms with E-state index in [0.29, 0.717) is 17.9 Å². The van der Waals surface area contributed by atoms with Gasteiger partial charge in [0.15, 0.2) is 5.82 Å². The molecule has 0 saturated carbocycles. The van der Waals surface area contributed by atoms with Crippen LogP contribution in [0.5, 0.6) is 5.75 Å². The Kier molecular flexibility index (Phi) is 5.88. The van der Waals surface area contributed by atoms with Crippen LogP contribution in [0.3, 0.4) is 0 Å². The number of aromatic nitrogens is 3. The second kappa shape index (κ2) is 8.70. The zero-order chi connectivity index (χ0) is 19.1. The van der Waals surface area contributed by atoms with Gasteiger partial charge in [0.2, 0.25) is 5.91 Å². The number of pyridine rings is 1. The lowest BCUT2D eigenvalue weighted by Crippen LogP contribution is -2.09. The number of hydrogen-bond acceptors (Lipinski definition) is 4. The monoisotopic (exact) mass is 370 g/mol. The van der Waals surface area contributed by atoms with Gasteiger partial charge in [-0.2, -0.15) is 13.9 Å².